The molecule has 1 nitrogen and oxygen atoms in total. The van der Waals surface area contributed by atoms with Crippen LogP contribution in [0.3, 0.4) is 0 Å². The van der Waals surface area contributed by atoms with Gasteiger partial charge in [-0.2, -0.15) is 0 Å². The molecule has 0 aliphatic carbocycles. The van der Waals surface area contributed by atoms with E-state index >= 15 is 0 Å². The van der Waals surface area contributed by atoms with Crippen molar-refractivity contribution in [1.29, 1.82) is 0 Å². The average molecular weight is 226 g/mol. The summed E-state index contributed by atoms with van der Waals surface area (Å²) in [4.78, 5) is 0. The van der Waals surface area contributed by atoms with E-state index in [2.05, 4.69) is 19.1 Å². The molecule has 1 rings (SSSR count). The second-order valence-electron chi connectivity index (χ2n) is 2.77. The minimum Gasteiger partial charge on any atom is -0.478 e. The van der Waals surface area contributed by atoms with E-state index in [1.165, 1.54) is 5.56 Å². The molecule has 0 heterocycles. The van der Waals surface area contributed by atoms with Gasteiger partial charge in [0.15, 0.2) is 0 Å². The van der Waals surface area contributed by atoms with Crippen molar-refractivity contribution in [1.82, 2.24) is 0 Å². The van der Waals surface area contributed by atoms with Gasteiger partial charge in [0.2, 0.25) is 4.38 Å². The van der Waals surface area contributed by atoms with Crippen molar-refractivity contribution in [3.05, 3.63) is 35.9 Å². The summed E-state index contributed by atoms with van der Waals surface area (Å²) >= 11 is 6.58. The number of hydrogen-bond donors (Lipinski definition) is 0. The third-order valence-electron chi connectivity index (χ3n) is 1.72. The van der Waals surface area contributed by atoms with E-state index in [4.69, 9.17) is 17.0 Å². The van der Waals surface area contributed by atoms with Crippen LogP contribution < -0.4 is 0 Å². The van der Waals surface area contributed by atoms with Gasteiger partial charge in [-0.05, 0) is 23.5 Å². The Labute approximate surface area is 94.9 Å². The molecule has 0 saturated carbocycles. The summed E-state index contributed by atoms with van der Waals surface area (Å²) in [5, 5.41) is 0. The maximum atomic E-state index is 5.38. The fourth-order valence-corrected chi connectivity index (χ4v) is 1.90. The Morgan fingerprint density at radius 3 is 2.71 bits per heavy atom. The van der Waals surface area contributed by atoms with Crippen molar-refractivity contribution in [3.8, 4) is 0 Å². The highest BCUT2D eigenvalue weighted by Gasteiger charge is 1.96. The fourth-order valence-electron chi connectivity index (χ4n) is 1.06. The van der Waals surface area contributed by atoms with Crippen LogP contribution in [0.4, 0.5) is 0 Å². The molecule has 0 atom stereocenters. The van der Waals surface area contributed by atoms with E-state index in [0.29, 0.717) is 11.0 Å². The number of ether oxygens (including phenoxy) is 1. The molecule has 1 aromatic carbocycles. The molecule has 3 heteroatoms. The first-order valence-electron chi connectivity index (χ1n) is 4.66. The first-order valence-corrected chi connectivity index (χ1v) is 6.05. The van der Waals surface area contributed by atoms with Crippen molar-refractivity contribution in [2.75, 3.05) is 12.4 Å². The highest BCUT2D eigenvalue weighted by molar-refractivity contribution is 8.22. The minimum atomic E-state index is 0.656. The van der Waals surface area contributed by atoms with Crippen molar-refractivity contribution in [2.45, 2.75) is 13.3 Å². The Morgan fingerprint density at radius 2 is 2.07 bits per heavy atom. The van der Waals surface area contributed by atoms with Crippen LogP contribution in [0, 0.1) is 0 Å². The summed E-state index contributed by atoms with van der Waals surface area (Å²) in [6.07, 6.45) is 0.922. The number of thioether (sulfide) groups is 1. The van der Waals surface area contributed by atoms with Gasteiger partial charge in [0, 0.05) is 6.42 Å². The van der Waals surface area contributed by atoms with E-state index < -0.39 is 0 Å². The second-order valence-corrected chi connectivity index (χ2v) is 4.63. The van der Waals surface area contributed by atoms with Crippen LogP contribution in [0.25, 0.3) is 0 Å². The predicted molar refractivity (Wildman–Crippen MR) is 66.8 cm³/mol. The van der Waals surface area contributed by atoms with E-state index in [-0.39, 0.29) is 0 Å². The Bertz CT molecular complexity index is 272. The first-order chi connectivity index (χ1) is 6.83. The lowest BCUT2D eigenvalue weighted by molar-refractivity contribution is 0.326. The smallest absolute Gasteiger partial charge is 0.219 e. The van der Waals surface area contributed by atoms with Gasteiger partial charge in [0.1, 0.15) is 0 Å². The largest absolute Gasteiger partial charge is 0.478 e. The summed E-state index contributed by atoms with van der Waals surface area (Å²) in [6.45, 7) is 2.74. The van der Waals surface area contributed by atoms with Crippen LogP contribution in [0.15, 0.2) is 30.3 Å². The van der Waals surface area contributed by atoms with E-state index in [1.807, 2.05) is 18.2 Å². The van der Waals surface area contributed by atoms with Gasteiger partial charge < -0.3 is 4.74 Å². The molecule has 0 radical (unpaired) electrons. The van der Waals surface area contributed by atoms with Crippen LogP contribution in [-0.4, -0.2) is 16.7 Å². The Balaban J connectivity index is 2.19. The topological polar surface area (TPSA) is 9.23 Å². The number of rotatable bonds is 4. The fraction of sp³-hybridized carbons (Fsp3) is 0.364. The third kappa shape index (κ3) is 4.63. The Hall–Kier alpha value is -0.540. The molecule has 0 fully saturated rings. The molecule has 0 bridgehead atoms. The third-order valence-corrected chi connectivity index (χ3v) is 2.83. The van der Waals surface area contributed by atoms with Gasteiger partial charge in [-0.3, -0.25) is 0 Å². The first kappa shape index (κ1) is 11.5. The summed E-state index contributed by atoms with van der Waals surface area (Å²) < 4.78 is 6.04. The standard InChI is InChI=1S/C11H14OS2/c1-2-14-11(13)12-9-8-10-6-4-3-5-7-10/h3-7H,2,8-9H2,1H3. The maximum Gasteiger partial charge on any atom is 0.219 e. The summed E-state index contributed by atoms with van der Waals surface area (Å²) in [5.74, 6) is 0.976. The second kappa shape index (κ2) is 6.85. The van der Waals surface area contributed by atoms with Crippen LogP contribution >= 0.6 is 24.0 Å². The van der Waals surface area contributed by atoms with Crippen LogP contribution in [0.1, 0.15) is 12.5 Å². The molecule has 0 aromatic heterocycles. The molecule has 0 N–H and O–H groups in total. The van der Waals surface area contributed by atoms with Crippen molar-refractivity contribution < 1.29 is 4.74 Å². The lowest BCUT2D eigenvalue weighted by Crippen LogP contribution is -2.02. The Morgan fingerprint density at radius 1 is 1.36 bits per heavy atom. The molecule has 0 aliphatic rings. The molecular formula is C11H14OS2. The molecule has 0 amide bonds. The number of hydrogen-bond acceptors (Lipinski definition) is 3. The van der Waals surface area contributed by atoms with E-state index in [0.717, 1.165) is 12.2 Å². The molecule has 0 unspecified atom stereocenters. The van der Waals surface area contributed by atoms with Gasteiger partial charge in [-0.15, -0.1) is 0 Å². The highest BCUT2D eigenvalue weighted by atomic mass is 32.2. The molecule has 0 aliphatic heterocycles. The number of thiocarbonyl (C=S) groups is 1. The highest BCUT2D eigenvalue weighted by Crippen LogP contribution is 2.06. The van der Waals surface area contributed by atoms with Crippen LogP contribution in [0.5, 0.6) is 0 Å². The van der Waals surface area contributed by atoms with Crippen LogP contribution in [0.2, 0.25) is 0 Å². The molecule has 0 spiro atoms. The normalized spacial score (nSPS) is 9.79. The van der Waals surface area contributed by atoms with Gasteiger partial charge in [0.25, 0.3) is 0 Å². The SMILES string of the molecule is CCSC(=S)OCCc1ccccc1. The lowest BCUT2D eigenvalue weighted by Gasteiger charge is -2.05. The van der Waals surface area contributed by atoms with Gasteiger partial charge in [0.05, 0.1) is 6.61 Å². The maximum absolute atomic E-state index is 5.38. The average Bonchev–Trinajstić information content (AvgIpc) is 2.20. The molecule has 14 heavy (non-hydrogen) atoms. The lowest BCUT2D eigenvalue weighted by atomic mass is 10.2. The predicted octanol–water partition coefficient (Wildman–Crippen LogP) is 3.28. The molecular weight excluding hydrogens is 212 g/mol. The van der Waals surface area contributed by atoms with Crippen molar-refractivity contribution in [3.63, 3.8) is 0 Å². The zero-order valence-corrected chi connectivity index (χ0v) is 9.87. The summed E-state index contributed by atoms with van der Waals surface area (Å²) in [7, 11) is 0. The van der Waals surface area contributed by atoms with Gasteiger partial charge >= 0.3 is 0 Å². The van der Waals surface area contributed by atoms with Gasteiger partial charge in [-0.25, -0.2) is 0 Å². The summed E-state index contributed by atoms with van der Waals surface area (Å²) in [5.41, 5.74) is 1.29. The minimum absolute atomic E-state index is 0.656. The number of benzene rings is 1. The van der Waals surface area contributed by atoms with Crippen molar-refractivity contribution >= 4 is 28.4 Å². The quantitative estimate of drug-likeness (QED) is 0.729. The van der Waals surface area contributed by atoms with Gasteiger partial charge in [-0.1, -0.05) is 49.0 Å². The van der Waals surface area contributed by atoms with E-state index in [9.17, 15) is 0 Å². The molecule has 0 saturated heterocycles. The zero-order chi connectivity index (χ0) is 10.2. The van der Waals surface area contributed by atoms with Crippen molar-refractivity contribution in [2.24, 2.45) is 0 Å². The van der Waals surface area contributed by atoms with Crippen LogP contribution in [-0.2, 0) is 11.2 Å². The zero-order valence-electron chi connectivity index (χ0n) is 8.23. The summed E-state index contributed by atoms with van der Waals surface area (Å²) in [6, 6.07) is 10.3. The molecule has 1 aromatic rings. The Kier molecular flexibility index (Phi) is 5.64. The monoisotopic (exact) mass is 226 g/mol. The molecule has 76 valence electrons. The van der Waals surface area contributed by atoms with E-state index in [1.54, 1.807) is 11.8 Å².